The number of nitrogens with zero attached hydrogens (tertiary/aromatic N) is 1. The van der Waals surface area contributed by atoms with Gasteiger partial charge in [0.15, 0.2) is 0 Å². The molecule has 1 rings (SSSR count). The molecule has 0 aromatic heterocycles. The molecular formula is C9H5BF4KN. The van der Waals surface area contributed by atoms with E-state index in [9.17, 15) is 17.3 Å². The zero-order chi connectivity index (χ0) is 11.5. The molecule has 0 aliphatic heterocycles. The molecule has 16 heavy (non-hydrogen) atoms. The Balaban J connectivity index is 0.00000225. The second kappa shape index (κ2) is 6.57. The van der Waals surface area contributed by atoms with E-state index in [-0.39, 0.29) is 68.5 Å². The minimum atomic E-state index is -5.02. The molecule has 0 aliphatic carbocycles. The van der Waals surface area contributed by atoms with Gasteiger partial charge in [0, 0.05) is 0 Å². The molecular weight excluding hydrogens is 248 g/mol. The summed E-state index contributed by atoms with van der Waals surface area (Å²) in [7, 11) is 0. The van der Waals surface area contributed by atoms with Crippen molar-refractivity contribution in [3.63, 3.8) is 0 Å². The van der Waals surface area contributed by atoms with Crippen molar-refractivity contribution in [2.45, 2.75) is 0 Å². The number of hydrogen-bond acceptors (Lipinski definition) is 1. The molecule has 0 amide bonds. The molecule has 0 saturated heterocycles. The molecule has 0 radical (unpaired) electrons. The van der Waals surface area contributed by atoms with E-state index >= 15 is 0 Å². The molecule has 1 aromatic carbocycles. The summed E-state index contributed by atoms with van der Waals surface area (Å²) in [5.74, 6) is -0.754. The number of rotatable bonds is 2. The first-order chi connectivity index (χ1) is 6.92. The zero-order valence-electron chi connectivity index (χ0n) is 8.42. The number of benzene rings is 1. The zero-order valence-corrected chi connectivity index (χ0v) is 11.5. The van der Waals surface area contributed by atoms with Crippen LogP contribution in [0.25, 0.3) is 6.08 Å². The van der Waals surface area contributed by atoms with Crippen LogP contribution in [0.4, 0.5) is 17.3 Å². The van der Waals surface area contributed by atoms with Gasteiger partial charge in [-0.25, -0.2) is 4.39 Å². The Morgan fingerprint density at radius 2 is 1.88 bits per heavy atom. The molecule has 0 spiro atoms. The first-order valence-electron chi connectivity index (χ1n) is 4.01. The standard InChI is InChI=1S/C9H5BF4N.K/c11-9-5-7(1-2-8(9)6-15)3-4-10(12,13)14;/h1-5H;/q-1;+1/b4-3+;. The van der Waals surface area contributed by atoms with Crippen LogP contribution in [0.1, 0.15) is 11.1 Å². The molecule has 78 valence electrons. The first kappa shape index (κ1) is 15.9. The summed E-state index contributed by atoms with van der Waals surface area (Å²) < 4.78 is 48.4. The Kier molecular flexibility index (Phi) is 6.52. The third kappa shape index (κ3) is 5.28. The molecule has 0 bridgehead atoms. The van der Waals surface area contributed by atoms with E-state index in [4.69, 9.17) is 5.26 Å². The van der Waals surface area contributed by atoms with Crippen LogP contribution in [0.15, 0.2) is 24.2 Å². The average molecular weight is 253 g/mol. The van der Waals surface area contributed by atoms with Crippen molar-refractivity contribution in [2.24, 2.45) is 0 Å². The largest absolute Gasteiger partial charge is 1.00 e. The van der Waals surface area contributed by atoms with Crippen molar-refractivity contribution in [2.75, 3.05) is 0 Å². The van der Waals surface area contributed by atoms with Crippen LogP contribution < -0.4 is 51.4 Å². The number of nitriles is 1. The quantitative estimate of drug-likeness (QED) is 0.541. The summed E-state index contributed by atoms with van der Waals surface area (Å²) in [5.41, 5.74) is -0.115. The molecule has 0 fully saturated rings. The third-order valence-electron chi connectivity index (χ3n) is 1.62. The Labute approximate surface area is 133 Å². The Morgan fingerprint density at radius 1 is 1.25 bits per heavy atom. The summed E-state index contributed by atoms with van der Waals surface area (Å²) in [6.07, 6.45) is 0.768. The van der Waals surface area contributed by atoms with E-state index in [1.54, 1.807) is 6.07 Å². The number of halogens is 4. The van der Waals surface area contributed by atoms with Gasteiger partial charge in [0.2, 0.25) is 0 Å². The van der Waals surface area contributed by atoms with Crippen molar-refractivity contribution >= 4 is 13.1 Å². The van der Waals surface area contributed by atoms with Gasteiger partial charge in [-0.3, -0.25) is 0 Å². The fourth-order valence-electron chi connectivity index (χ4n) is 0.946. The molecule has 0 saturated carbocycles. The molecule has 0 N–H and O–H groups in total. The van der Waals surface area contributed by atoms with Gasteiger partial charge in [-0.1, -0.05) is 12.1 Å². The fourth-order valence-corrected chi connectivity index (χ4v) is 0.946. The summed E-state index contributed by atoms with van der Waals surface area (Å²) in [6, 6.07) is 4.85. The van der Waals surface area contributed by atoms with Crippen LogP contribution in [0.3, 0.4) is 0 Å². The summed E-state index contributed by atoms with van der Waals surface area (Å²) in [4.78, 5) is 0. The molecule has 7 heteroatoms. The molecule has 0 atom stereocenters. The smallest absolute Gasteiger partial charge is 0.445 e. The summed E-state index contributed by atoms with van der Waals surface area (Å²) in [5, 5.41) is 8.38. The third-order valence-corrected chi connectivity index (χ3v) is 1.62. The van der Waals surface area contributed by atoms with Gasteiger partial charge in [-0.05, 0) is 17.7 Å². The summed E-state index contributed by atoms with van der Waals surface area (Å²) >= 11 is 0. The van der Waals surface area contributed by atoms with Gasteiger partial charge in [-0.2, -0.15) is 5.26 Å². The van der Waals surface area contributed by atoms with Crippen molar-refractivity contribution in [1.82, 2.24) is 0 Å². The van der Waals surface area contributed by atoms with Crippen LogP contribution in [-0.2, 0) is 0 Å². The maximum Gasteiger partial charge on any atom is 1.00 e. The maximum atomic E-state index is 12.9. The molecule has 0 unspecified atom stereocenters. The van der Waals surface area contributed by atoms with Crippen LogP contribution in [0.2, 0.25) is 0 Å². The fraction of sp³-hybridized carbons (Fsp3) is 0. The van der Waals surface area contributed by atoms with Crippen molar-refractivity contribution in [3.8, 4) is 6.07 Å². The Morgan fingerprint density at radius 3 is 2.31 bits per heavy atom. The van der Waals surface area contributed by atoms with E-state index < -0.39 is 12.8 Å². The van der Waals surface area contributed by atoms with E-state index in [1.165, 1.54) is 6.07 Å². The van der Waals surface area contributed by atoms with Crippen molar-refractivity contribution < 1.29 is 68.7 Å². The minimum absolute atomic E-state index is 0. The monoisotopic (exact) mass is 253 g/mol. The van der Waals surface area contributed by atoms with Gasteiger partial charge in [0.05, 0.1) is 5.56 Å². The van der Waals surface area contributed by atoms with Crippen LogP contribution in [-0.4, -0.2) is 6.98 Å². The van der Waals surface area contributed by atoms with Crippen LogP contribution >= 0.6 is 0 Å². The predicted octanol–water partition coefficient (Wildman–Crippen LogP) is 0.101. The molecule has 0 aliphatic rings. The predicted molar refractivity (Wildman–Crippen MR) is 49.2 cm³/mol. The SMILES string of the molecule is N#Cc1ccc(/C=C/[B-](F)(F)F)cc1F.[K+]. The summed E-state index contributed by atoms with van der Waals surface area (Å²) in [6.45, 7) is -5.02. The van der Waals surface area contributed by atoms with Crippen LogP contribution in [0, 0.1) is 17.1 Å². The Hall–Kier alpha value is -0.129. The van der Waals surface area contributed by atoms with Gasteiger partial charge < -0.3 is 12.9 Å². The second-order valence-corrected chi connectivity index (χ2v) is 2.84. The van der Waals surface area contributed by atoms with E-state index in [1.807, 2.05) is 0 Å². The second-order valence-electron chi connectivity index (χ2n) is 2.84. The number of hydrogen-bond donors (Lipinski definition) is 0. The van der Waals surface area contributed by atoms with Crippen LogP contribution in [0.5, 0.6) is 0 Å². The molecule has 0 heterocycles. The first-order valence-corrected chi connectivity index (χ1v) is 4.01. The van der Waals surface area contributed by atoms with Gasteiger partial charge >= 0.3 is 58.4 Å². The maximum absolute atomic E-state index is 12.9. The van der Waals surface area contributed by atoms with Gasteiger partial charge in [0.25, 0.3) is 0 Å². The molecule has 1 nitrogen and oxygen atoms in total. The van der Waals surface area contributed by atoms with E-state index in [0.717, 1.165) is 18.2 Å². The Bertz CT molecular complexity index is 436. The minimum Gasteiger partial charge on any atom is -0.445 e. The normalized spacial score (nSPS) is 10.9. The average Bonchev–Trinajstić information content (AvgIpc) is 2.14. The van der Waals surface area contributed by atoms with E-state index in [0.29, 0.717) is 0 Å². The molecule has 1 aromatic rings. The van der Waals surface area contributed by atoms with Gasteiger partial charge in [-0.15, -0.1) is 5.98 Å². The van der Waals surface area contributed by atoms with Crippen molar-refractivity contribution in [3.05, 3.63) is 41.1 Å². The van der Waals surface area contributed by atoms with E-state index in [2.05, 4.69) is 0 Å². The topological polar surface area (TPSA) is 23.8 Å². The van der Waals surface area contributed by atoms with Crippen molar-refractivity contribution in [1.29, 1.82) is 5.26 Å². The van der Waals surface area contributed by atoms with Gasteiger partial charge in [0.1, 0.15) is 11.9 Å².